The van der Waals surface area contributed by atoms with E-state index in [1.165, 1.54) is 32.1 Å². The number of aryl methyl sites for hydroxylation is 1. The van der Waals surface area contributed by atoms with E-state index in [4.69, 9.17) is 14.9 Å². The van der Waals surface area contributed by atoms with Crippen LogP contribution in [0.1, 0.15) is 91.4 Å². The Balaban J connectivity index is 1.48. The maximum absolute atomic E-state index is 13.6. The molecule has 7 nitrogen and oxygen atoms in total. The van der Waals surface area contributed by atoms with E-state index in [1.54, 1.807) is 25.3 Å². The molecule has 0 saturated heterocycles. The van der Waals surface area contributed by atoms with Gasteiger partial charge in [-0.25, -0.2) is 9.98 Å². The molecule has 1 aliphatic carbocycles. The number of primary amides is 1. The Bertz CT molecular complexity index is 1060. The molecule has 1 aliphatic heterocycles. The monoisotopic (exact) mass is 477 g/mol. The Morgan fingerprint density at radius 1 is 1.20 bits per heavy atom. The fourth-order valence-corrected chi connectivity index (χ4v) is 5.10. The molecule has 186 valence electrons. The van der Waals surface area contributed by atoms with Gasteiger partial charge in [-0.3, -0.25) is 9.59 Å². The van der Waals surface area contributed by atoms with Gasteiger partial charge in [0.1, 0.15) is 5.76 Å². The average Bonchev–Trinajstić information content (AvgIpc) is 3.51. The minimum atomic E-state index is -1.36. The molecule has 1 aromatic heterocycles. The van der Waals surface area contributed by atoms with E-state index in [1.807, 2.05) is 30.3 Å². The van der Waals surface area contributed by atoms with Gasteiger partial charge in [-0.15, -0.1) is 0 Å². The van der Waals surface area contributed by atoms with Gasteiger partial charge in [-0.2, -0.15) is 0 Å². The second kappa shape index (κ2) is 11.6. The highest BCUT2D eigenvalue weighted by atomic mass is 16.5. The summed E-state index contributed by atoms with van der Waals surface area (Å²) in [7, 11) is 0. The van der Waals surface area contributed by atoms with Gasteiger partial charge < -0.3 is 14.9 Å². The molecule has 0 spiro atoms. The van der Waals surface area contributed by atoms with Crippen molar-refractivity contribution in [2.75, 3.05) is 0 Å². The number of hydrogen-bond donors (Lipinski definition) is 1. The zero-order valence-electron chi connectivity index (χ0n) is 20.4. The topological polar surface area (TPSA) is 108 Å². The van der Waals surface area contributed by atoms with Gasteiger partial charge in [0.25, 0.3) is 5.91 Å². The molecule has 35 heavy (non-hydrogen) atoms. The molecule has 2 N–H and O–H groups in total. The molecule has 2 aliphatic rings. The number of carbonyl (C=O) groups is 2. The van der Waals surface area contributed by atoms with Crippen molar-refractivity contribution in [1.82, 2.24) is 4.98 Å². The van der Waals surface area contributed by atoms with Gasteiger partial charge in [-0.1, -0.05) is 75.3 Å². The number of carbonyl (C=O) groups excluding carboxylic acids is 2. The summed E-state index contributed by atoms with van der Waals surface area (Å²) in [6.07, 6.45) is 14.5. The van der Waals surface area contributed by atoms with Gasteiger partial charge in [0.05, 0.1) is 6.61 Å². The van der Waals surface area contributed by atoms with Crippen molar-refractivity contribution < 1.29 is 18.7 Å². The van der Waals surface area contributed by atoms with Crippen LogP contribution in [0.3, 0.4) is 0 Å². The number of hydrogen-bond acceptors (Lipinski definition) is 6. The molecule has 2 atom stereocenters. The normalized spacial score (nSPS) is 20.8. The predicted molar refractivity (Wildman–Crippen MR) is 134 cm³/mol. The van der Waals surface area contributed by atoms with Gasteiger partial charge in [0.2, 0.25) is 5.72 Å². The lowest BCUT2D eigenvalue weighted by Gasteiger charge is -2.26. The summed E-state index contributed by atoms with van der Waals surface area (Å²) in [4.78, 5) is 34.2. The third-order valence-corrected chi connectivity index (χ3v) is 7.09. The van der Waals surface area contributed by atoms with Gasteiger partial charge in [-0.05, 0) is 37.0 Å². The van der Waals surface area contributed by atoms with Crippen LogP contribution in [0.4, 0.5) is 0 Å². The number of ketones is 1. The first-order valence-corrected chi connectivity index (χ1v) is 12.7. The molecule has 0 bridgehead atoms. The summed E-state index contributed by atoms with van der Waals surface area (Å²) < 4.78 is 11.9. The van der Waals surface area contributed by atoms with Crippen molar-refractivity contribution in [3.05, 3.63) is 65.4 Å². The Morgan fingerprint density at radius 3 is 2.63 bits per heavy atom. The highest BCUT2D eigenvalue weighted by Crippen LogP contribution is 2.34. The van der Waals surface area contributed by atoms with Crippen molar-refractivity contribution in [3.8, 4) is 0 Å². The fraction of sp³-hybridized carbons (Fsp3) is 0.500. The standard InChI is InChI=1S/C28H35N3O4/c1-20-25(26(29)33)31-27(35-20)23(15-8-14-21-10-4-2-5-11-21)18-24(32)28(16-9-17-30-28)34-19-22-12-6-3-7-13-22/h3,6-7,9,12-13,16-17,21,23H,2,4-5,8,10-11,14-15,18-19H2,1H3,(H2,29,33). The largest absolute Gasteiger partial charge is 0.445 e. The van der Waals surface area contributed by atoms with E-state index in [0.717, 1.165) is 30.7 Å². The molecule has 2 unspecified atom stereocenters. The number of allylic oxidation sites excluding steroid dienone is 1. The molecule has 2 aromatic rings. The molecular weight excluding hydrogens is 442 g/mol. The number of amides is 1. The van der Waals surface area contributed by atoms with E-state index in [9.17, 15) is 9.59 Å². The Hall–Kier alpha value is -3.06. The van der Waals surface area contributed by atoms with Crippen molar-refractivity contribution in [2.24, 2.45) is 16.6 Å². The lowest BCUT2D eigenvalue weighted by atomic mass is 9.84. The van der Waals surface area contributed by atoms with E-state index in [2.05, 4.69) is 9.98 Å². The van der Waals surface area contributed by atoms with Crippen LogP contribution in [0.5, 0.6) is 0 Å². The van der Waals surface area contributed by atoms with E-state index in [0.29, 0.717) is 11.7 Å². The third-order valence-electron chi connectivity index (χ3n) is 7.09. The van der Waals surface area contributed by atoms with Gasteiger partial charge in [0, 0.05) is 18.6 Å². The third kappa shape index (κ3) is 6.34. The van der Waals surface area contributed by atoms with Crippen LogP contribution < -0.4 is 5.73 Å². The van der Waals surface area contributed by atoms with Crippen LogP contribution >= 0.6 is 0 Å². The fourth-order valence-electron chi connectivity index (χ4n) is 5.10. The minimum absolute atomic E-state index is 0.124. The maximum Gasteiger partial charge on any atom is 0.270 e. The summed E-state index contributed by atoms with van der Waals surface area (Å²) in [5.74, 6) is 0.451. The SMILES string of the molecule is Cc1oc(C(CCCC2CCCCC2)CC(=O)C2(OCc3ccccc3)C=CC=N2)nc1C(N)=O. The number of nitrogens with zero attached hydrogens (tertiary/aromatic N) is 2. The van der Waals surface area contributed by atoms with Crippen molar-refractivity contribution in [3.63, 3.8) is 0 Å². The number of Topliss-reactive ketones (excluding diaryl/α,β-unsaturated/α-hetero) is 1. The number of rotatable bonds is 12. The summed E-state index contributed by atoms with van der Waals surface area (Å²) in [5.41, 5.74) is 5.20. The van der Waals surface area contributed by atoms with Crippen LogP contribution in [0.25, 0.3) is 0 Å². The Kier molecular flexibility index (Phi) is 8.29. The predicted octanol–water partition coefficient (Wildman–Crippen LogP) is 5.43. The molecule has 1 aromatic carbocycles. The van der Waals surface area contributed by atoms with Crippen molar-refractivity contribution in [1.29, 1.82) is 0 Å². The smallest absolute Gasteiger partial charge is 0.270 e. The molecular formula is C28H35N3O4. The molecule has 1 fully saturated rings. The summed E-state index contributed by atoms with van der Waals surface area (Å²) in [6, 6.07) is 9.72. The first-order valence-electron chi connectivity index (χ1n) is 12.7. The van der Waals surface area contributed by atoms with Crippen molar-refractivity contribution >= 4 is 17.9 Å². The van der Waals surface area contributed by atoms with Crippen molar-refractivity contribution in [2.45, 2.75) is 83.0 Å². The first-order chi connectivity index (χ1) is 17.0. The average molecular weight is 478 g/mol. The summed E-state index contributed by atoms with van der Waals surface area (Å²) in [6.45, 7) is 1.94. The first kappa shape index (κ1) is 25.0. The number of ether oxygens (including phenoxy) is 1. The van der Waals surface area contributed by atoms with E-state index >= 15 is 0 Å². The Labute approximate surface area is 206 Å². The number of nitrogens with two attached hydrogens (primary N) is 1. The summed E-state index contributed by atoms with van der Waals surface area (Å²) in [5, 5.41) is 0. The van der Waals surface area contributed by atoms with Crippen LogP contribution in [-0.4, -0.2) is 28.6 Å². The number of oxazole rings is 1. The number of benzene rings is 1. The lowest BCUT2D eigenvalue weighted by Crippen LogP contribution is -2.37. The molecule has 0 radical (unpaired) electrons. The van der Waals surface area contributed by atoms with Crippen LogP contribution in [0.2, 0.25) is 0 Å². The van der Waals surface area contributed by atoms with Crippen LogP contribution in [0, 0.1) is 12.8 Å². The second-order valence-electron chi connectivity index (χ2n) is 9.69. The molecule has 1 saturated carbocycles. The molecule has 4 rings (SSSR count). The van der Waals surface area contributed by atoms with Crippen LogP contribution in [0.15, 0.2) is 51.9 Å². The highest BCUT2D eigenvalue weighted by molar-refractivity contribution is 5.95. The zero-order chi connectivity index (χ0) is 24.7. The van der Waals surface area contributed by atoms with E-state index < -0.39 is 11.6 Å². The maximum atomic E-state index is 13.6. The molecule has 7 heteroatoms. The molecule has 2 heterocycles. The summed E-state index contributed by atoms with van der Waals surface area (Å²) >= 11 is 0. The number of aliphatic imine (C=N–C) groups is 1. The van der Waals surface area contributed by atoms with Gasteiger partial charge in [0.15, 0.2) is 17.4 Å². The van der Waals surface area contributed by atoms with E-state index in [-0.39, 0.29) is 30.4 Å². The highest BCUT2D eigenvalue weighted by Gasteiger charge is 2.40. The van der Waals surface area contributed by atoms with Crippen LogP contribution in [-0.2, 0) is 16.1 Å². The zero-order valence-corrected chi connectivity index (χ0v) is 20.4. The number of aromatic nitrogens is 1. The Morgan fingerprint density at radius 2 is 1.97 bits per heavy atom. The second-order valence-corrected chi connectivity index (χ2v) is 9.69. The minimum Gasteiger partial charge on any atom is -0.445 e. The quantitative estimate of drug-likeness (QED) is 0.439. The van der Waals surface area contributed by atoms with Gasteiger partial charge >= 0.3 is 0 Å². The molecule has 1 amide bonds. The lowest BCUT2D eigenvalue weighted by molar-refractivity contribution is -0.139.